The highest BCUT2D eigenvalue weighted by Gasteiger charge is 2.18. The van der Waals surface area contributed by atoms with Crippen molar-refractivity contribution in [2.24, 2.45) is 0 Å². The number of benzene rings is 2. The first kappa shape index (κ1) is 20.7. The third-order valence-electron chi connectivity index (χ3n) is 4.17. The van der Waals surface area contributed by atoms with Crippen LogP contribution in [0.15, 0.2) is 77.4 Å². The lowest BCUT2D eigenvalue weighted by molar-refractivity contribution is -0.135. The molecule has 3 aromatic rings. The number of furan rings is 1. The van der Waals surface area contributed by atoms with Crippen LogP contribution in [0.2, 0.25) is 0 Å². The normalized spacial score (nSPS) is 10.1. The van der Waals surface area contributed by atoms with E-state index in [0.29, 0.717) is 22.8 Å². The van der Waals surface area contributed by atoms with Crippen LogP contribution in [0.1, 0.15) is 22.5 Å². The van der Waals surface area contributed by atoms with Gasteiger partial charge in [0.05, 0.1) is 30.9 Å². The number of hydrogen-bond acceptors (Lipinski definition) is 6. The minimum atomic E-state index is -0.618. The molecule has 1 aromatic heterocycles. The van der Waals surface area contributed by atoms with Crippen LogP contribution >= 0.6 is 0 Å². The van der Waals surface area contributed by atoms with Crippen molar-refractivity contribution in [2.45, 2.75) is 13.0 Å². The molecule has 0 aliphatic carbocycles. The summed E-state index contributed by atoms with van der Waals surface area (Å²) in [6, 6.07) is 21.2. The van der Waals surface area contributed by atoms with E-state index in [0.717, 1.165) is 0 Å². The quantitative estimate of drug-likeness (QED) is 0.497. The molecule has 0 aliphatic heterocycles. The lowest BCUT2D eigenvalue weighted by atomic mass is 10.2. The SMILES string of the molecule is N#CCCN(Cc1ccco1)C(=O)COC(=O)c1ccc(Oc2ccccc2)cc1. The molecule has 3 rings (SSSR count). The second-order valence-corrected chi connectivity index (χ2v) is 6.32. The van der Waals surface area contributed by atoms with Crippen LogP contribution in [0, 0.1) is 11.3 Å². The van der Waals surface area contributed by atoms with Crippen LogP contribution in [-0.2, 0) is 16.1 Å². The van der Waals surface area contributed by atoms with Gasteiger partial charge in [0.25, 0.3) is 5.91 Å². The highest BCUT2D eigenvalue weighted by atomic mass is 16.5. The molecule has 1 heterocycles. The van der Waals surface area contributed by atoms with Crippen LogP contribution < -0.4 is 4.74 Å². The summed E-state index contributed by atoms with van der Waals surface area (Å²) < 4.78 is 16.1. The third kappa shape index (κ3) is 5.97. The standard InChI is InChI=1S/C23H20N2O5/c24-13-5-14-25(16-21-8-4-15-28-21)22(26)17-29-23(27)18-9-11-20(12-10-18)30-19-6-2-1-3-7-19/h1-4,6-12,15H,5,14,16-17H2. The molecule has 0 unspecified atom stereocenters. The van der Waals surface area contributed by atoms with Crippen LogP contribution in [0.25, 0.3) is 0 Å². The fourth-order valence-electron chi connectivity index (χ4n) is 2.65. The lowest BCUT2D eigenvalue weighted by Crippen LogP contribution is -2.34. The van der Waals surface area contributed by atoms with E-state index < -0.39 is 18.5 Å². The van der Waals surface area contributed by atoms with E-state index in [1.165, 1.54) is 11.2 Å². The summed E-state index contributed by atoms with van der Waals surface area (Å²) in [5.74, 6) is 0.830. The summed E-state index contributed by atoms with van der Waals surface area (Å²) >= 11 is 0. The van der Waals surface area contributed by atoms with E-state index in [4.69, 9.17) is 19.2 Å². The van der Waals surface area contributed by atoms with Crippen molar-refractivity contribution >= 4 is 11.9 Å². The molecule has 0 saturated heterocycles. The summed E-state index contributed by atoms with van der Waals surface area (Å²) in [6.07, 6.45) is 1.68. The van der Waals surface area contributed by atoms with Gasteiger partial charge in [-0.15, -0.1) is 0 Å². The first-order chi connectivity index (χ1) is 14.7. The number of carbonyl (C=O) groups excluding carboxylic acids is 2. The first-order valence-electron chi connectivity index (χ1n) is 9.33. The fourth-order valence-corrected chi connectivity index (χ4v) is 2.65. The van der Waals surface area contributed by atoms with Crippen LogP contribution in [-0.4, -0.2) is 29.9 Å². The number of rotatable bonds is 9. The number of nitrogens with zero attached hydrogens (tertiary/aromatic N) is 2. The molecule has 0 saturated carbocycles. The van der Waals surface area contributed by atoms with Crippen molar-refractivity contribution in [2.75, 3.05) is 13.2 Å². The Hall–Kier alpha value is -4.05. The van der Waals surface area contributed by atoms with Crippen molar-refractivity contribution < 1.29 is 23.5 Å². The number of para-hydroxylation sites is 1. The molecular formula is C23H20N2O5. The first-order valence-corrected chi connectivity index (χ1v) is 9.33. The molecule has 0 aliphatic rings. The van der Waals surface area contributed by atoms with E-state index in [1.54, 1.807) is 36.4 Å². The Morgan fingerprint density at radius 1 is 0.967 bits per heavy atom. The predicted octanol–water partition coefficient (Wildman–Crippen LogP) is 4.17. The smallest absolute Gasteiger partial charge is 0.338 e. The topological polar surface area (TPSA) is 92.8 Å². The molecule has 0 fully saturated rings. The van der Waals surface area contributed by atoms with E-state index in [1.807, 2.05) is 36.4 Å². The minimum absolute atomic E-state index is 0.170. The Labute approximate surface area is 174 Å². The van der Waals surface area contributed by atoms with Gasteiger partial charge in [-0.05, 0) is 48.5 Å². The van der Waals surface area contributed by atoms with Gasteiger partial charge in [-0.1, -0.05) is 18.2 Å². The molecular weight excluding hydrogens is 384 g/mol. The summed E-state index contributed by atoms with van der Waals surface area (Å²) in [6.45, 7) is 0.00291. The molecule has 2 aromatic carbocycles. The summed E-state index contributed by atoms with van der Waals surface area (Å²) in [7, 11) is 0. The number of amides is 1. The van der Waals surface area contributed by atoms with Gasteiger partial charge < -0.3 is 18.8 Å². The molecule has 0 N–H and O–H groups in total. The maximum atomic E-state index is 12.4. The van der Waals surface area contributed by atoms with Gasteiger partial charge in [-0.3, -0.25) is 4.79 Å². The van der Waals surface area contributed by atoms with E-state index >= 15 is 0 Å². The monoisotopic (exact) mass is 404 g/mol. The van der Waals surface area contributed by atoms with Gasteiger partial charge in [-0.25, -0.2) is 4.79 Å². The third-order valence-corrected chi connectivity index (χ3v) is 4.17. The number of hydrogen-bond donors (Lipinski definition) is 0. The Balaban J connectivity index is 1.54. The number of carbonyl (C=O) groups is 2. The van der Waals surface area contributed by atoms with E-state index in [9.17, 15) is 9.59 Å². The average molecular weight is 404 g/mol. The average Bonchev–Trinajstić information content (AvgIpc) is 3.29. The fraction of sp³-hybridized carbons (Fsp3) is 0.174. The molecule has 152 valence electrons. The maximum absolute atomic E-state index is 12.4. The number of ether oxygens (including phenoxy) is 2. The molecule has 30 heavy (non-hydrogen) atoms. The van der Waals surface area contributed by atoms with Gasteiger partial charge in [-0.2, -0.15) is 5.26 Å². The van der Waals surface area contributed by atoms with Crippen LogP contribution in [0.4, 0.5) is 0 Å². The second-order valence-electron chi connectivity index (χ2n) is 6.32. The largest absolute Gasteiger partial charge is 0.467 e. The molecule has 7 nitrogen and oxygen atoms in total. The van der Waals surface area contributed by atoms with Gasteiger partial charge in [0.15, 0.2) is 6.61 Å². The van der Waals surface area contributed by atoms with Crippen LogP contribution in [0.5, 0.6) is 11.5 Å². The maximum Gasteiger partial charge on any atom is 0.338 e. The van der Waals surface area contributed by atoms with Crippen LogP contribution in [0.3, 0.4) is 0 Å². The molecule has 0 radical (unpaired) electrons. The van der Waals surface area contributed by atoms with Crippen molar-refractivity contribution in [3.63, 3.8) is 0 Å². The number of esters is 1. The van der Waals surface area contributed by atoms with E-state index in [2.05, 4.69) is 0 Å². The zero-order valence-electron chi connectivity index (χ0n) is 16.2. The lowest BCUT2D eigenvalue weighted by Gasteiger charge is -2.20. The molecule has 1 amide bonds. The highest BCUT2D eigenvalue weighted by molar-refractivity contribution is 5.91. The van der Waals surface area contributed by atoms with E-state index in [-0.39, 0.29) is 19.5 Å². The molecule has 0 spiro atoms. The Morgan fingerprint density at radius 2 is 1.70 bits per heavy atom. The van der Waals surface area contributed by atoms with Crippen molar-refractivity contribution in [1.82, 2.24) is 4.90 Å². The summed E-state index contributed by atoms with van der Waals surface area (Å²) in [5, 5.41) is 8.80. The number of nitriles is 1. The highest BCUT2D eigenvalue weighted by Crippen LogP contribution is 2.21. The van der Waals surface area contributed by atoms with Crippen molar-refractivity contribution in [3.8, 4) is 17.6 Å². The minimum Gasteiger partial charge on any atom is -0.467 e. The van der Waals surface area contributed by atoms with Crippen molar-refractivity contribution in [1.29, 1.82) is 5.26 Å². The second kappa shape index (κ2) is 10.5. The van der Waals surface area contributed by atoms with Gasteiger partial charge in [0.1, 0.15) is 17.3 Å². The Morgan fingerprint density at radius 3 is 2.37 bits per heavy atom. The van der Waals surface area contributed by atoms with Gasteiger partial charge in [0, 0.05) is 6.54 Å². The zero-order valence-corrected chi connectivity index (χ0v) is 16.2. The molecule has 0 bridgehead atoms. The summed E-state index contributed by atoms with van der Waals surface area (Å²) in [4.78, 5) is 26.1. The van der Waals surface area contributed by atoms with Gasteiger partial charge >= 0.3 is 5.97 Å². The zero-order chi connectivity index (χ0) is 21.2. The molecule has 0 atom stereocenters. The van der Waals surface area contributed by atoms with Gasteiger partial charge in [0.2, 0.25) is 0 Å². The predicted molar refractivity (Wildman–Crippen MR) is 108 cm³/mol. The Bertz CT molecular complexity index is 992. The summed E-state index contributed by atoms with van der Waals surface area (Å²) in [5.41, 5.74) is 0.304. The molecule has 7 heteroatoms. The Kier molecular flexibility index (Phi) is 7.23. The van der Waals surface area contributed by atoms with Crippen molar-refractivity contribution in [3.05, 3.63) is 84.3 Å².